The molecule has 17 heavy (non-hydrogen) atoms. The number of oxazole rings is 1. The molecule has 2 aromatic rings. The summed E-state index contributed by atoms with van der Waals surface area (Å²) < 4.78 is 6.49. The predicted octanol–water partition coefficient (Wildman–Crippen LogP) is 0.810. The Hall–Kier alpha value is -1.88. The van der Waals surface area contributed by atoms with Crippen molar-refractivity contribution in [3.63, 3.8) is 0 Å². The highest BCUT2D eigenvalue weighted by Crippen LogP contribution is 2.13. The Bertz CT molecular complexity index is 610. The monoisotopic (exact) mass is 234 g/mol. The fraction of sp³-hybridized carbons (Fsp3) is 0.333. The van der Waals surface area contributed by atoms with Crippen molar-refractivity contribution in [3.8, 4) is 0 Å². The van der Waals surface area contributed by atoms with Gasteiger partial charge in [-0.15, -0.1) is 0 Å². The second kappa shape index (κ2) is 4.55. The molecule has 5 nitrogen and oxygen atoms in total. The van der Waals surface area contributed by atoms with Crippen molar-refractivity contribution in [2.45, 2.75) is 13.5 Å². The Morgan fingerprint density at radius 3 is 2.94 bits per heavy atom. The summed E-state index contributed by atoms with van der Waals surface area (Å²) in [4.78, 5) is 22.1. The zero-order valence-electron chi connectivity index (χ0n) is 9.82. The van der Waals surface area contributed by atoms with Gasteiger partial charge in [0.05, 0.1) is 12.1 Å². The molecule has 0 saturated heterocycles. The van der Waals surface area contributed by atoms with Gasteiger partial charge in [0.25, 0.3) is 0 Å². The average molecular weight is 234 g/mol. The lowest BCUT2D eigenvalue weighted by Gasteiger charge is -2.02. The minimum atomic E-state index is -0.367. The van der Waals surface area contributed by atoms with Crippen molar-refractivity contribution in [2.24, 2.45) is 7.05 Å². The van der Waals surface area contributed by atoms with Gasteiger partial charge in [-0.25, -0.2) is 4.79 Å². The topological polar surface area (TPSA) is 64.2 Å². The summed E-state index contributed by atoms with van der Waals surface area (Å²) >= 11 is 0. The molecule has 0 fully saturated rings. The molecule has 2 rings (SSSR count). The highest BCUT2D eigenvalue weighted by Gasteiger charge is 2.06. The van der Waals surface area contributed by atoms with E-state index in [1.165, 1.54) is 11.5 Å². The highest BCUT2D eigenvalue weighted by atomic mass is 16.4. The highest BCUT2D eigenvalue weighted by molar-refractivity contribution is 5.77. The van der Waals surface area contributed by atoms with E-state index in [2.05, 4.69) is 5.32 Å². The van der Waals surface area contributed by atoms with Gasteiger partial charge in [-0.2, -0.15) is 0 Å². The van der Waals surface area contributed by atoms with E-state index < -0.39 is 0 Å². The van der Waals surface area contributed by atoms with Gasteiger partial charge in [0.2, 0.25) is 0 Å². The van der Waals surface area contributed by atoms with E-state index in [1.54, 1.807) is 13.1 Å². The van der Waals surface area contributed by atoms with Gasteiger partial charge in [-0.3, -0.25) is 9.36 Å². The van der Waals surface area contributed by atoms with Crippen molar-refractivity contribution in [1.29, 1.82) is 0 Å². The smallest absolute Gasteiger partial charge is 0.408 e. The minimum absolute atomic E-state index is 0.0989. The standard InChI is InChI=1S/C12H14N2O3/c1-8(15)6-13-7-9-3-4-11-10(5-9)14(2)12(16)17-11/h3-5,13H,6-7H2,1-2H3. The third kappa shape index (κ3) is 2.45. The van der Waals surface area contributed by atoms with Gasteiger partial charge < -0.3 is 9.73 Å². The van der Waals surface area contributed by atoms with Crippen LogP contribution in [0.4, 0.5) is 0 Å². The Balaban J connectivity index is 2.22. The molecule has 0 aliphatic carbocycles. The fourth-order valence-electron chi connectivity index (χ4n) is 1.67. The normalized spacial score (nSPS) is 10.9. The van der Waals surface area contributed by atoms with Crippen LogP contribution < -0.4 is 11.1 Å². The summed E-state index contributed by atoms with van der Waals surface area (Å²) in [5.74, 6) is -0.268. The molecule has 5 heteroatoms. The summed E-state index contributed by atoms with van der Waals surface area (Å²) in [5.41, 5.74) is 2.35. The van der Waals surface area contributed by atoms with E-state index in [-0.39, 0.29) is 11.5 Å². The van der Waals surface area contributed by atoms with Crippen LogP contribution >= 0.6 is 0 Å². The van der Waals surface area contributed by atoms with Crippen molar-refractivity contribution < 1.29 is 9.21 Å². The molecule has 0 unspecified atom stereocenters. The number of fused-ring (bicyclic) bond motifs is 1. The Kier molecular flexibility index (Phi) is 3.10. The second-order valence-corrected chi connectivity index (χ2v) is 4.03. The summed E-state index contributed by atoms with van der Waals surface area (Å²) in [6.45, 7) is 2.48. The quantitative estimate of drug-likeness (QED) is 0.850. The van der Waals surface area contributed by atoms with Crippen LogP contribution in [-0.2, 0) is 18.4 Å². The average Bonchev–Trinajstić information content (AvgIpc) is 2.55. The molecule has 0 aliphatic rings. The molecule has 90 valence electrons. The molecule has 1 aromatic carbocycles. The van der Waals surface area contributed by atoms with Gasteiger partial charge >= 0.3 is 5.76 Å². The number of benzene rings is 1. The van der Waals surface area contributed by atoms with Crippen LogP contribution in [0.15, 0.2) is 27.4 Å². The van der Waals surface area contributed by atoms with E-state index in [4.69, 9.17) is 4.42 Å². The van der Waals surface area contributed by atoms with Crippen molar-refractivity contribution in [2.75, 3.05) is 6.54 Å². The fourth-order valence-corrected chi connectivity index (χ4v) is 1.67. The van der Waals surface area contributed by atoms with Crippen molar-refractivity contribution in [1.82, 2.24) is 9.88 Å². The maximum atomic E-state index is 11.3. The first-order chi connectivity index (χ1) is 8.08. The number of hydrogen-bond acceptors (Lipinski definition) is 4. The van der Waals surface area contributed by atoms with Crippen molar-refractivity contribution >= 4 is 16.9 Å². The maximum absolute atomic E-state index is 11.3. The Labute approximate surface area is 98.0 Å². The number of Topliss-reactive ketones (excluding diaryl/α,β-unsaturated/α-hetero) is 1. The number of hydrogen-bond donors (Lipinski definition) is 1. The minimum Gasteiger partial charge on any atom is -0.408 e. The first-order valence-electron chi connectivity index (χ1n) is 5.36. The van der Waals surface area contributed by atoms with E-state index in [0.717, 1.165) is 11.1 Å². The van der Waals surface area contributed by atoms with Crippen molar-refractivity contribution in [3.05, 3.63) is 34.3 Å². The number of carbonyl (C=O) groups excluding carboxylic acids is 1. The zero-order valence-corrected chi connectivity index (χ0v) is 9.82. The first kappa shape index (κ1) is 11.6. The lowest BCUT2D eigenvalue weighted by atomic mass is 10.2. The molecule has 0 saturated carbocycles. The lowest BCUT2D eigenvalue weighted by molar-refractivity contribution is -0.116. The molecule has 0 aliphatic heterocycles. The van der Waals surface area contributed by atoms with Gasteiger partial charge in [-0.05, 0) is 24.6 Å². The first-order valence-corrected chi connectivity index (χ1v) is 5.36. The Morgan fingerprint density at radius 2 is 2.24 bits per heavy atom. The van der Waals surface area contributed by atoms with E-state index >= 15 is 0 Å². The summed E-state index contributed by atoms with van der Waals surface area (Å²) in [6.07, 6.45) is 0. The molecule has 0 radical (unpaired) electrons. The molecular formula is C12H14N2O3. The van der Waals surface area contributed by atoms with Gasteiger partial charge in [0, 0.05) is 13.6 Å². The molecule has 0 amide bonds. The number of aryl methyl sites for hydroxylation is 1. The van der Waals surface area contributed by atoms with E-state index in [1.807, 2.05) is 12.1 Å². The van der Waals surface area contributed by atoms with Crippen LogP contribution in [-0.4, -0.2) is 16.9 Å². The van der Waals surface area contributed by atoms with E-state index in [9.17, 15) is 9.59 Å². The van der Waals surface area contributed by atoms with Crippen LogP contribution in [0.3, 0.4) is 0 Å². The van der Waals surface area contributed by atoms with Crippen LogP contribution in [0.1, 0.15) is 12.5 Å². The molecule has 1 aromatic heterocycles. The lowest BCUT2D eigenvalue weighted by Crippen LogP contribution is -2.20. The number of nitrogens with zero attached hydrogens (tertiary/aromatic N) is 1. The SMILES string of the molecule is CC(=O)CNCc1ccc2oc(=O)n(C)c2c1. The Morgan fingerprint density at radius 1 is 1.47 bits per heavy atom. The molecule has 1 heterocycles. The van der Waals surface area contributed by atoms with Gasteiger partial charge in [0.1, 0.15) is 5.78 Å². The summed E-state index contributed by atoms with van der Waals surface area (Å²) in [6, 6.07) is 5.52. The number of aromatic nitrogens is 1. The third-order valence-electron chi connectivity index (χ3n) is 2.56. The van der Waals surface area contributed by atoms with Crippen LogP contribution in [0.5, 0.6) is 0 Å². The van der Waals surface area contributed by atoms with Crippen LogP contribution in [0.2, 0.25) is 0 Å². The number of ketones is 1. The van der Waals surface area contributed by atoms with Gasteiger partial charge in [-0.1, -0.05) is 6.07 Å². The summed E-state index contributed by atoms with van der Waals surface area (Å²) in [5, 5.41) is 3.02. The predicted molar refractivity (Wildman–Crippen MR) is 63.8 cm³/mol. The number of carbonyl (C=O) groups is 1. The molecule has 1 N–H and O–H groups in total. The zero-order chi connectivity index (χ0) is 12.4. The molecule has 0 atom stereocenters. The second-order valence-electron chi connectivity index (χ2n) is 4.03. The molecule has 0 spiro atoms. The van der Waals surface area contributed by atoms with E-state index in [0.29, 0.717) is 18.7 Å². The van der Waals surface area contributed by atoms with Gasteiger partial charge in [0.15, 0.2) is 5.58 Å². The summed E-state index contributed by atoms with van der Waals surface area (Å²) in [7, 11) is 1.67. The number of nitrogens with one attached hydrogen (secondary N) is 1. The molecular weight excluding hydrogens is 220 g/mol. The van der Waals surface area contributed by atoms with Crippen LogP contribution in [0, 0.1) is 0 Å². The molecule has 0 bridgehead atoms. The maximum Gasteiger partial charge on any atom is 0.419 e. The number of rotatable bonds is 4. The third-order valence-corrected chi connectivity index (χ3v) is 2.56. The largest absolute Gasteiger partial charge is 0.419 e. The van der Waals surface area contributed by atoms with Crippen LogP contribution in [0.25, 0.3) is 11.1 Å².